The predicted octanol–water partition coefficient (Wildman–Crippen LogP) is -1.27. The van der Waals surface area contributed by atoms with E-state index < -0.39 is 96.2 Å². The largest absolute Gasteiger partial charge is 0.481 e. The summed E-state index contributed by atoms with van der Waals surface area (Å²) < 4.78 is 61.3. The topological polar surface area (TPSA) is 384 Å². The van der Waals surface area contributed by atoms with E-state index in [0.717, 1.165) is 0 Å². The minimum absolute atomic E-state index is 0.0293. The van der Waals surface area contributed by atoms with Gasteiger partial charge in [0, 0.05) is 47.5 Å². The minimum Gasteiger partial charge on any atom is -0.481 e. The summed E-state index contributed by atoms with van der Waals surface area (Å²) in [6.07, 6.45) is -2.86. The number of H-pyrrole nitrogens is 2. The Hall–Kier alpha value is -5.70. The fraction of sp³-hybridized carbons (Fsp3) is 0.792. The standard InChI is InChI=1S/C29H51N3O13.C10H22O4.C9H11N3O7/c1-19(38-7)13-40-21(3)15-42-23(5)17-44-25(33)9-11-31-27(35)30-28(36)32(29(31)37)12-10-26(34)45-18-24(6)43-16-22(4)41-14-20(2)39-8;1-8(5-11)13-7-10(3)14-6-9(2)12-4;13-5(14)1-3-11-7(17)10-8(18)12(9(11)19)4-2-6(15)16/h19-24H,9-18H2,1-8H3,(H,30,35,36);8-11H,5-7H2,1-4H3;1-4H2,(H,13,14)(H,15,16)(H,10,17,18). The molecule has 30 heteroatoms. The van der Waals surface area contributed by atoms with Gasteiger partial charge >= 0.3 is 58.0 Å². The summed E-state index contributed by atoms with van der Waals surface area (Å²) in [6, 6.07) is 0. The molecule has 2 heterocycles. The first-order chi connectivity index (χ1) is 36.7. The van der Waals surface area contributed by atoms with Crippen molar-refractivity contribution in [1.82, 2.24) is 28.2 Å². The van der Waals surface area contributed by atoms with E-state index in [2.05, 4.69) is 0 Å². The average Bonchev–Trinajstić information content (AvgIpc) is 3.39. The summed E-state index contributed by atoms with van der Waals surface area (Å²) in [5, 5.41) is 25.7. The molecule has 0 radical (unpaired) electrons. The van der Waals surface area contributed by atoms with Crippen molar-refractivity contribution < 1.29 is 86.6 Å². The van der Waals surface area contributed by atoms with Crippen LogP contribution in [0.15, 0.2) is 28.8 Å². The predicted molar refractivity (Wildman–Crippen MR) is 276 cm³/mol. The number of aromatic nitrogens is 6. The molecule has 0 bridgehead atoms. The van der Waals surface area contributed by atoms with E-state index in [-0.39, 0.29) is 102 Å². The molecular weight excluding hydrogens is 1040 g/mol. The zero-order chi connectivity index (χ0) is 59.5. The summed E-state index contributed by atoms with van der Waals surface area (Å²) in [5.74, 6) is -3.76. The number of carbonyl (C=O) groups is 4. The van der Waals surface area contributed by atoms with Crippen LogP contribution < -0.4 is 34.1 Å². The van der Waals surface area contributed by atoms with E-state index in [4.69, 9.17) is 67.4 Å². The molecule has 0 saturated heterocycles. The maximum atomic E-state index is 12.8. The first-order valence-electron chi connectivity index (χ1n) is 25.2. The summed E-state index contributed by atoms with van der Waals surface area (Å²) in [6.45, 7) is 17.6. The fourth-order valence-corrected chi connectivity index (χ4v) is 5.56. The highest BCUT2D eigenvalue weighted by Gasteiger charge is 2.18. The number of aromatic amines is 2. The Morgan fingerprint density at radius 1 is 0.385 bits per heavy atom. The molecule has 450 valence electrons. The molecule has 0 aromatic carbocycles. The van der Waals surface area contributed by atoms with Crippen molar-refractivity contribution in [2.45, 2.75) is 169 Å². The monoisotopic (exact) mass is 1130 g/mol. The number of carboxylic acids is 2. The molecule has 2 aromatic heterocycles. The maximum absolute atomic E-state index is 12.8. The van der Waals surface area contributed by atoms with Crippen molar-refractivity contribution in [3.63, 3.8) is 0 Å². The normalized spacial score (nSPS) is 14.7. The molecule has 0 aliphatic heterocycles. The van der Waals surface area contributed by atoms with E-state index in [0.29, 0.717) is 44.7 Å². The number of aliphatic hydroxyl groups excluding tert-OH is 1. The third kappa shape index (κ3) is 32.3. The second-order valence-electron chi connectivity index (χ2n) is 18.0. The smallest absolute Gasteiger partial charge is 0.336 e. The summed E-state index contributed by atoms with van der Waals surface area (Å²) in [4.78, 5) is 121. The lowest BCUT2D eigenvalue weighted by Crippen LogP contribution is -2.49. The number of carboxylic acid groups (broad SMARTS) is 2. The summed E-state index contributed by atoms with van der Waals surface area (Å²) in [7, 11) is 4.85. The van der Waals surface area contributed by atoms with E-state index in [1.54, 1.807) is 35.2 Å². The average molecular weight is 1130 g/mol. The zero-order valence-corrected chi connectivity index (χ0v) is 46.9. The first-order valence-corrected chi connectivity index (χ1v) is 25.2. The fourth-order valence-electron chi connectivity index (χ4n) is 5.56. The lowest BCUT2D eigenvalue weighted by molar-refractivity contribution is -0.149. The Morgan fingerprint density at radius 2 is 0.615 bits per heavy atom. The summed E-state index contributed by atoms with van der Waals surface area (Å²) >= 11 is 0. The number of aliphatic carboxylic acids is 2. The number of carbonyl (C=O) groups excluding carboxylic acids is 2. The van der Waals surface area contributed by atoms with E-state index in [1.165, 1.54) is 0 Å². The van der Waals surface area contributed by atoms with Crippen LogP contribution in [-0.2, 0) is 97.5 Å². The molecular formula is C48H84N6O24. The SMILES string of the molecule is COC(C)COC(C)COC(C)CO.COC(C)COC(C)COC(C)COC(=O)CCn1c(=O)[nH]c(=O)n(CCC(=O)OCC(C)OCC(C)OCC(C)OC)c1=O.O=C(O)CCn1c(=O)[nH]c(=O)n(CCC(=O)O)c1=O. The van der Waals surface area contributed by atoms with Crippen molar-refractivity contribution >= 4 is 23.9 Å². The van der Waals surface area contributed by atoms with Crippen LogP contribution in [0, 0.1) is 0 Å². The highest BCUT2D eigenvalue weighted by molar-refractivity contribution is 5.69. The molecule has 78 heavy (non-hydrogen) atoms. The van der Waals surface area contributed by atoms with Gasteiger partial charge in [0.15, 0.2) is 0 Å². The van der Waals surface area contributed by atoms with E-state index in [1.807, 2.05) is 58.4 Å². The number of esters is 2. The molecule has 0 fully saturated rings. The number of methoxy groups -OCH3 is 3. The van der Waals surface area contributed by atoms with Crippen LogP contribution in [0.2, 0.25) is 0 Å². The van der Waals surface area contributed by atoms with Gasteiger partial charge in [-0.3, -0.25) is 29.1 Å². The number of hydrogen-bond acceptors (Lipinski definition) is 22. The highest BCUT2D eigenvalue weighted by Crippen LogP contribution is 2.04. The molecule has 30 nitrogen and oxygen atoms in total. The van der Waals surface area contributed by atoms with Crippen LogP contribution in [0.3, 0.4) is 0 Å². The van der Waals surface area contributed by atoms with Crippen molar-refractivity contribution in [2.75, 3.05) is 80.8 Å². The van der Waals surface area contributed by atoms with Gasteiger partial charge in [-0.05, 0) is 62.3 Å². The second kappa shape index (κ2) is 40.5. The number of rotatable bonds is 38. The van der Waals surface area contributed by atoms with Crippen LogP contribution >= 0.6 is 0 Å². The van der Waals surface area contributed by atoms with Crippen LogP contribution in [-0.4, -0.2) is 203 Å². The molecule has 2 rings (SSSR count). The molecule has 0 spiro atoms. The second-order valence-corrected chi connectivity index (χ2v) is 18.0. The quantitative estimate of drug-likeness (QED) is 0.0489. The highest BCUT2D eigenvalue weighted by atomic mass is 16.6. The van der Waals surface area contributed by atoms with E-state index >= 15 is 0 Å². The molecule has 5 N–H and O–H groups in total. The Bertz CT molecular complexity index is 2260. The minimum atomic E-state index is -1.21. The Balaban J connectivity index is 0.00000145. The van der Waals surface area contributed by atoms with Crippen molar-refractivity contribution in [3.8, 4) is 0 Å². The van der Waals surface area contributed by atoms with Crippen molar-refractivity contribution in [3.05, 3.63) is 62.9 Å². The number of ether oxygens (including phenoxy) is 11. The number of hydrogen-bond donors (Lipinski definition) is 5. The van der Waals surface area contributed by atoms with Crippen LogP contribution in [0.1, 0.15) is 88.0 Å². The lowest BCUT2D eigenvalue weighted by atomic mass is 10.3. The molecule has 0 saturated carbocycles. The summed E-state index contributed by atoms with van der Waals surface area (Å²) in [5.41, 5.74) is -6.01. The molecule has 0 amide bonds. The van der Waals surface area contributed by atoms with Crippen LogP contribution in [0.4, 0.5) is 0 Å². The Morgan fingerprint density at radius 3 is 0.859 bits per heavy atom. The molecule has 9 atom stereocenters. The Kier molecular flexibility index (Phi) is 37.5. The van der Waals surface area contributed by atoms with Gasteiger partial charge < -0.3 is 67.4 Å². The van der Waals surface area contributed by atoms with Gasteiger partial charge in [0.1, 0.15) is 13.2 Å². The van der Waals surface area contributed by atoms with Gasteiger partial charge in [-0.25, -0.2) is 47.0 Å². The molecule has 0 aliphatic carbocycles. The first kappa shape index (κ1) is 72.3. The van der Waals surface area contributed by atoms with Crippen molar-refractivity contribution in [1.29, 1.82) is 0 Å². The van der Waals surface area contributed by atoms with Gasteiger partial charge in [-0.1, -0.05) is 0 Å². The number of nitrogens with one attached hydrogen (secondary N) is 2. The third-order valence-electron chi connectivity index (χ3n) is 10.6. The number of nitrogens with zero attached hydrogens (tertiary/aromatic N) is 4. The van der Waals surface area contributed by atoms with Crippen molar-refractivity contribution in [2.24, 2.45) is 0 Å². The van der Waals surface area contributed by atoms with E-state index in [9.17, 15) is 47.9 Å². The van der Waals surface area contributed by atoms with Gasteiger partial charge in [-0.15, -0.1) is 0 Å². The maximum Gasteiger partial charge on any atom is 0.336 e. The molecule has 2 aromatic rings. The molecule has 0 aliphatic rings. The number of aliphatic hydroxyl groups is 1. The lowest BCUT2D eigenvalue weighted by Gasteiger charge is -2.19. The zero-order valence-electron chi connectivity index (χ0n) is 46.9. The van der Waals surface area contributed by atoms with Crippen LogP contribution in [0.5, 0.6) is 0 Å². The van der Waals surface area contributed by atoms with Gasteiger partial charge in [0.05, 0.1) is 127 Å². The van der Waals surface area contributed by atoms with Gasteiger partial charge in [0.2, 0.25) is 0 Å². The Labute approximate surface area is 450 Å². The third-order valence-corrected chi connectivity index (χ3v) is 10.6. The van der Waals surface area contributed by atoms with Crippen LogP contribution in [0.25, 0.3) is 0 Å². The molecule has 9 unspecified atom stereocenters. The van der Waals surface area contributed by atoms with Gasteiger partial charge in [-0.2, -0.15) is 0 Å². The van der Waals surface area contributed by atoms with Gasteiger partial charge in [0.25, 0.3) is 0 Å².